The summed E-state index contributed by atoms with van der Waals surface area (Å²) in [6, 6.07) is 18.8. The Morgan fingerprint density at radius 2 is 2.00 bits per heavy atom. The molecule has 1 aromatic heterocycles. The van der Waals surface area contributed by atoms with Gasteiger partial charge in [0.25, 0.3) is 0 Å². The number of nitriles is 1. The fourth-order valence-electron chi connectivity index (χ4n) is 4.08. The highest BCUT2D eigenvalue weighted by Crippen LogP contribution is 2.35. The molecule has 0 spiro atoms. The number of rotatable bonds is 5. The van der Waals surface area contributed by atoms with Crippen LogP contribution in [0.2, 0.25) is 0 Å². The second kappa shape index (κ2) is 8.00. The Bertz CT molecular complexity index is 1000. The molecule has 1 aliphatic heterocycles. The van der Waals surface area contributed by atoms with Crippen molar-refractivity contribution >= 4 is 0 Å². The summed E-state index contributed by atoms with van der Waals surface area (Å²) >= 11 is 0. The average Bonchev–Trinajstić information content (AvgIpc) is 3.31. The molecule has 2 heterocycles. The lowest BCUT2D eigenvalue weighted by molar-refractivity contribution is 0.271. The minimum atomic E-state index is 0.540. The van der Waals surface area contributed by atoms with E-state index in [0.29, 0.717) is 17.5 Å². The minimum Gasteiger partial charge on any atom is -0.441 e. The van der Waals surface area contributed by atoms with Gasteiger partial charge in [0, 0.05) is 19.0 Å². The van der Waals surface area contributed by atoms with E-state index in [0.717, 1.165) is 41.1 Å². The zero-order valence-electron chi connectivity index (χ0n) is 16.5. The first-order valence-corrected chi connectivity index (χ1v) is 9.96. The van der Waals surface area contributed by atoms with Gasteiger partial charge in [0.05, 0.1) is 22.9 Å². The minimum absolute atomic E-state index is 0.540. The summed E-state index contributed by atoms with van der Waals surface area (Å²) in [5.74, 6) is 1.38. The Kier molecular flexibility index (Phi) is 5.27. The quantitative estimate of drug-likeness (QED) is 0.617. The second-order valence-corrected chi connectivity index (χ2v) is 7.51. The van der Waals surface area contributed by atoms with E-state index in [1.54, 1.807) is 0 Å². The van der Waals surface area contributed by atoms with Gasteiger partial charge in [0.2, 0.25) is 5.89 Å². The predicted molar refractivity (Wildman–Crippen MR) is 111 cm³/mol. The third-order valence-electron chi connectivity index (χ3n) is 5.70. The summed E-state index contributed by atoms with van der Waals surface area (Å²) in [7, 11) is 0. The molecule has 0 unspecified atom stereocenters. The van der Waals surface area contributed by atoms with Crippen LogP contribution in [0.15, 0.2) is 52.9 Å². The lowest BCUT2D eigenvalue weighted by atomic mass is 9.96. The van der Waals surface area contributed by atoms with Crippen molar-refractivity contribution in [2.45, 2.75) is 39.2 Å². The van der Waals surface area contributed by atoms with E-state index in [1.807, 2.05) is 55.5 Å². The van der Waals surface area contributed by atoms with Crippen molar-refractivity contribution in [3.8, 4) is 28.7 Å². The first kappa shape index (κ1) is 18.5. The maximum atomic E-state index is 9.68. The van der Waals surface area contributed by atoms with Crippen molar-refractivity contribution in [2.24, 2.45) is 0 Å². The molecule has 1 atom stereocenters. The highest BCUT2D eigenvalue weighted by molar-refractivity contribution is 5.84. The molecule has 0 amide bonds. The van der Waals surface area contributed by atoms with E-state index in [2.05, 4.69) is 17.9 Å². The fraction of sp³-hybridized carbons (Fsp3) is 0.333. The number of likely N-dealkylation sites (tertiary alicyclic amines) is 1. The van der Waals surface area contributed by atoms with E-state index >= 15 is 0 Å². The molecule has 0 bridgehead atoms. The van der Waals surface area contributed by atoms with E-state index in [9.17, 15) is 5.26 Å². The van der Waals surface area contributed by atoms with Gasteiger partial charge in [0.15, 0.2) is 0 Å². The SMILES string of the molecule is Cc1oc(-c2c(C#N)cccc2-c2ccccc2)nc1CCN1CCC[C@H]1C. The van der Waals surface area contributed by atoms with Crippen molar-refractivity contribution in [3.63, 3.8) is 0 Å². The molecule has 1 fully saturated rings. The van der Waals surface area contributed by atoms with Gasteiger partial charge in [-0.1, -0.05) is 42.5 Å². The number of nitrogens with zero attached hydrogens (tertiary/aromatic N) is 3. The fourth-order valence-corrected chi connectivity index (χ4v) is 4.08. The molecule has 1 aliphatic rings. The van der Waals surface area contributed by atoms with Gasteiger partial charge in [-0.2, -0.15) is 5.26 Å². The van der Waals surface area contributed by atoms with Gasteiger partial charge in [0.1, 0.15) is 5.76 Å². The highest BCUT2D eigenvalue weighted by atomic mass is 16.4. The number of hydrogen-bond donors (Lipinski definition) is 0. The van der Waals surface area contributed by atoms with Gasteiger partial charge in [-0.05, 0) is 50.4 Å². The van der Waals surface area contributed by atoms with Gasteiger partial charge in [-0.3, -0.25) is 0 Å². The molecule has 4 rings (SSSR count). The van der Waals surface area contributed by atoms with Crippen LogP contribution >= 0.6 is 0 Å². The third kappa shape index (κ3) is 3.58. The van der Waals surface area contributed by atoms with Crippen molar-refractivity contribution in [1.29, 1.82) is 5.26 Å². The Balaban J connectivity index is 1.69. The first-order chi connectivity index (χ1) is 13.7. The monoisotopic (exact) mass is 371 g/mol. The average molecular weight is 371 g/mol. The smallest absolute Gasteiger partial charge is 0.228 e. The van der Waals surface area contributed by atoms with Gasteiger partial charge in [-0.25, -0.2) is 4.98 Å². The van der Waals surface area contributed by atoms with Crippen LogP contribution in [0.25, 0.3) is 22.6 Å². The van der Waals surface area contributed by atoms with E-state index in [4.69, 9.17) is 9.40 Å². The van der Waals surface area contributed by atoms with E-state index in [1.165, 1.54) is 19.4 Å². The topological polar surface area (TPSA) is 53.1 Å². The largest absolute Gasteiger partial charge is 0.441 e. The number of aromatic nitrogens is 1. The molecular weight excluding hydrogens is 346 g/mol. The summed E-state index contributed by atoms with van der Waals surface area (Å²) in [5.41, 5.74) is 4.38. The Morgan fingerprint density at radius 1 is 1.18 bits per heavy atom. The van der Waals surface area contributed by atoms with Crippen molar-refractivity contribution in [3.05, 3.63) is 65.5 Å². The van der Waals surface area contributed by atoms with Gasteiger partial charge < -0.3 is 9.32 Å². The summed E-state index contributed by atoms with van der Waals surface area (Å²) in [6.07, 6.45) is 3.42. The van der Waals surface area contributed by atoms with Crippen LogP contribution in [0.5, 0.6) is 0 Å². The molecule has 0 N–H and O–H groups in total. The van der Waals surface area contributed by atoms with E-state index in [-0.39, 0.29) is 0 Å². The lowest BCUT2D eigenvalue weighted by Gasteiger charge is -2.20. The van der Waals surface area contributed by atoms with Crippen molar-refractivity contribution in [1.82, 2.24) is 9.88 Å². The normalized spacial score (nSPS) is 17.0. The van der Waals surface area contributed by atoms with Crippen LogP contribution in [0, 0.1) is 18.3 Å². The summed E-state index contributed by atoms with van der Waals surface area (Å²) in [6.45, 7) is 6.43. The molecule has 28 heavy (non-hydrogen) atoms. The standard InChI is InChI=1S/C24H25N3O/c1-17-8-7-14-27(17)15-13-22-18(2)28-24(26-22)23-20(16-25)11-6-12-21(23)19-9-4-3-5-10-19/h3-6,9-12,17H,7-8,13-15H2,1-2H3/t17-/m1/s1. The Labute approximate surface area is 166 Å². The molecule has 0 radical (unpaired) electrons. The van der Waals surface area contributed by atoms with Crippen molar-refractivity contribution < 1.29 is 4.42 Å². The van der Waals surface area contributed by atoms with Crippen LogP contribution in [-0.2, 0) is 6.42 Å². The number of hydrogen-bond acceptors (Lipinski definition) is 4. The van der Waals surface area contributed by atoms with Crippen LogP contribution in [0.3, 0.4) is 0 Å². The molecule has 2 aromatic carbocycles. The summed E-state index contributed by atoms with van der Waals surface area (Å²) in [4.78, 5) is 7.34. The highest BCUT2D eigenvalue weighted by Gasteiger charge is 2.22. The van der Waals surface area contributed by atoms with Crippen LogP contribution < -0.4 is 0 Å². The first-order valence-electron chi connectivity index (χ1n) is 9.96. The van der Waals surface area contributed by atoms with Gasteiger partial charge in [-0.15, -0.1) is 0 Å². The van der Waals surface area contributed by atoms with Crippen LogP contribution in [0.1, 0.15) is 36.8 Å². The number of aryl methyl sites for hydroxylation is 1. The summed E-state index contributed by atoms with van der Waals surface area (Å²) < 4.78 is 6.07. The predicted octanol–water partition coefficient (Wildman–Crippen LogP) is 5.22. The van der Waals surface area contributed by atoms with Crippen LogP contribution in [0.4, 0.5) is 0 Å². The molecule has 0 saturated carbocycles. The molecule has 142 valence electrons. The zero-order valence-corrected chi connectivity index (χ0v) is 16.5. The molecule has 4 heteroatoms. The molecule has 4 nitrogen and oxygen atoms in total. The maximum absolute atomic E-state index is 9.68. The zero-order chi connectivity index (χ0) is 19.5. The molecule has 3 aromatic rings. The Morgan fingerprint density at radius 3 is 2.71 bits per heavy atom. The van der Waals surface area contributed by atoms with Gasteiger partial charge >= 0.3 is 0 Å². The maximum Gasteiger partial charge on any atom is 0.228 e. The third-order valence-corrected chi connectivity index (χ3v) is 5.70. The summed E-state index contributed by atoms with van der Waals surface area (Å²) in [5, 5.41) is 9.68. The second-order valence-electron chi connectivity index (χ2n) is 7.51. The molecule has 0 aliphatic carbocycles. The van der Waals surface area contributed by atoms with Crippen LogP contribution in [-0.4, -0.2) is 29.0 Å². The van der Waals surface area contributed by atoms with Crippen molar-refractivity contribution in [2.75, 3.05) is 13.1 Å². The lowest BCUT2D eigenvalue weighted by Crippen LogP contribution is -2.29. The Hall–Kier alpha value is -2.90. The number of benzene rings is 2. The number of oxazole rings is 1. The molecule has 1 saturated heterocycles. The van der Waals surface area contributed by atoms with E-state index < -0.39 is 0 Å². The molecular formula is C24H25N3O.